The van der Waals surface area contributed by atoms with E-state index in [4.69, 9.17) is 0 Å². The Morgan fingerprint density at radius 2 is 1.54 bits per heavy atom. The lowest BCUT2D eigenvalue weighted by molar-refractivity contribution is 0.590. The van der Waals surface area contributed by atoms with Crippen molar-refractivity contribution in [1.29, 1.82) is 5.26 Å². The van der Waals surface area contributed by atoms with Crippen LogP contribution in [-0.2, 0) is 15.3 Å². The Hall–Kier alpha value is -2.38. The largest absolute Gasteiger partial charge is 0.218 e. The van der Waals surface area contributed by atoms with Crippen LogP contribution in [-0.4, -0.2) is 8.42 Å². The highest BCUT2D eigenvalue weighted by molar-refractivity contribution is 7.95. The van der Waals surface area contributed by atoms with Gasteiger partial charge in [0.15, 0.2) is 0 Å². The lowest BCUT2D eigenvalue weighted by Gasteiger charge is -2.18. The quantitative estimate of drug-likeness (QED) is 0.766. The molecule has 0 unspecified atom stereocenters. The number of aryl methyl sites for hydroxylation is 1. The Bertz CT molecular complexity index is 892. The molecule has 0 N–H and O–H groups in total. The predicted molar refractivity (Wildman–Crippen MR) is 97.1 cm³/mol. The molecule has 2 rings (SSSR count). The van der Waals surface area contributed by atoms with Crippen LogP contribution < -0.4 is 0 Å². The first kappa shape index (κ1) is 18.0. The fourth-order valence-electron chi connectivity index (χ4n) is 2.25. The van der Waals surface area contributed by atoms with Gasteiger partial charge in [0.25, 0.3) is 0 Å². The molecule has 0 radical (unpaired) electrons. The molecule has 24 heavy (non-hydrogen) atoms. The Balaban J connectivity index is 2.42. The highest BCUT2D eigenvalue weighted by Crippen LogP contribution is 2.25. The van der Waals surface area contributed by atoms with Gasteiger partial charge in [-0.15, -0.1) is 0 Å². The number of sulfone groups is 1. The van der Waals surface area contributed by atoms with Gasteiger partial charge in [-0.05, 0) is 41.7 Å². The van der Waals surface area contributed by atoms with Gasteiger partial charge in [-0.1, -0.05) is 62.7 Å². The minimum atomic E-state index is -3.80. The van der Waals surface area contributed by atoms with Gasteiger partial charge in [0.2, 0.25) is 9.84 Å². The Kier molecular flexibility index (Phi) is 4.96. The average Bonchev–Trinajstić information content (AvgIpc) is 2.52. The molecule has 0 aromatic heterocycles. The average molecular weight is 339 g/mol. The molecular weight excluding hydrogens is 318 g/mol. The first-order valence-corrected chi connectivity index (χ1v) is 9.17. The van der Waals surface area contributed by atoms with Crippen LogP contribution in [0.15, 0.2) is 58.3 Å². The maximum atomic E-state index is 12.6. The third-order valence-corrected chi connectivity index (χ3v) is 5.49. The van der Waals surface area contributed by atoms with Gasteiger partial charge in [0.1, 0.15) is 11.0 Å². The zero-order chi connectivity index (χ0) is 18.0. The van der Waals surface area contributed by atoms with Gasteiger partial charge in [0.05, 0.1) is 4.90 Å². The Morgan fingerprint density at radius 1 is 1.00 bits per heavy atom. The minimum absolute atomic E-state index is 0.0221. The summed E-state index contributed by atoms with van der Waals surface area (Å²) in [7, 11) is -3.80. The van der Waals surface area contributed by atoms with Crippen LogP contribution in [0.5, 0.6) is 0 Å². The Labute approximate surface area is 144 Å². The summed E-state index contributed by atoms with van der Waals surface area (Å²) in [4.78, 5) is -0.123. The second-order valence-corrected chi connectivity index (χ2v) is 8.73. The van der Waals surface area contributed by atoms with E-state index < -0.39 is 9.84 Å². The second-order valence-electron chi connectivity index (χ2n) is 6.81. The van der Waals surface area contributed by atoms with Gasteiger partial charge in [-0.2, -0.15) is 5.26 Å². The smallest absolute Gasteiger partial charge is 0.216 e. The van der Waals surface area contributed by atoms with Gasteiger partial charge < -0.3 is 0 Å². The molecule has 0 amide bonds. The zero-order valence-electron chi connectivity index (χ0n) is 14.4. The topological polar surface area (TPSA) is 57.9 Å². The van der Waals surface area contributed by atoms with E-state index in [1.165, 1.54) is 18.2 Å². The summed E-state index contributed by atoms with van der Waals surface area (Å²) in [5.74, 6) is 0. The lowest BCUT2D eigenvalue weighted by Crippen LogP contribution is -2.10. The molecule has 124 valence electrons. The standard InChI is InChI=1S/C20H21NO2S/c1-15-5-11-18(12-6-15)24(22,23)19(14-21)13-16-7-9-17(10-8-16)20(2,3)4/h5-13H,1-4H3. The molecule has 2 aromatic carbocycles. The molecule has 0 saturated carbocycles. The summed E-state index contributed by atoms with van der Waals surface area (Å²) in [6, 6.07) is 15.9. The van der Waals surface area contributed by atoms with E-state index in [-0.39, 0.29) is 15.2 Å². The number of allylic oxidation sites excluding steroid dienone is 1. The lowest BCUT2D eigenvalue weighted by atomic mass is 9.87. The summed E-state index contributed by atoms with van der Waals surface area (Å²) in [6.07, 6.45) is 1.42. The third-order valence-electron chi connectivity index (χ3n) is 3.81. The molecule has 0 spiro atoms. The normalized spacial score (nSPS) is 12.7. The molecule has 0 bridgehead atoms. The second kappa shape index (κ2) is 6.62. The highest BCUT2D eigenvalue weighted by Gasteiger charge is 2.20. The molecule has 0 heterocycles. The summed E-state index contributed by atoms with van der Waals surface area (Å²) >= 11 is 0. The van der Waals surface area contributed by atoms with Crippen molar-refractivity contribution in [3.05, 3.63) is 70.1 Å². The predicted octanol–water partition coefficient (Wildman–Crippen LogP) is 4.63. The van der Waals surface area contributed by atoms with Crippen molar-refractivity contribution < 1.29 is 8.42 Å². The van der Waals surface area contributed by atoms with E-state index in [0.717, 1.165) is 11.1 Å². The van der Waals surface area contributed by atoms with Crippen molar-refractivity contribution in [2.75, 3.05) is 0 Å². The third kappa shape index (κ3) is 3.93. The summed E-state index contributed by atoms with van der Waals surface area (Å²) in [5, 5.41) is 9.33. The summed E-state index contributed by atoms with van der Waals surface area (Å²) in [6.45, 7) is 8.22. The molecule has 0 saturated heterocycles. The molecular formula is C20H21NO2S. The number of benzene rings is 2. The van der Waals surface area contributed by atoms with Crippen molar-refractivity contribution >= 4 is 15.9 Å². The molecule has 0 atom stereocenters. The van der Waals surface area contributed by atoms with Crippen molar-refractivity contribution in [2.24, 2.45) is 0 Å². The van der Waals surface area contributed by atoms with Crippen molar-refractivity contribution in [1.82, 2.24) is 0 Å². The van der Waals surface area contributed by atoms with Crippen LogP contribution in [0.3, 0.4) is 0 Å². The number of rotatable bonds is 3. The van der Waals surface area contributed by atoms with E-state index in [2.05, 4.69) is 20.8 Å². The maximum absolute atomic E-state index is 12.6. The van der Waals surface area contributed by atoms with E-state index in [1.807, 2.05) is 37.3 Å². The fourth-order valence-corrected chi connectivity index (χ4v) is 3.40. The van der Waals surface area contributed by atoms with Crippen LogP contribution >= 0.6 is 0 Å². The molecule has 0 aliphatic carbocycles. The first-order valence-electron chi connectivity index (χ1n) is 7.69. The highest BCUT2D eigenvalue weighted by atomic mass is 32.2. The van der Waals surface area contributed by atoms with Gasteiger partial charge in [-0.3, -0.25) is 0 Å². The van der Waals surface area contributed by atoms with Crippen LogP contribution in [0.2, 0.25) is 0 Å². The van der Waals surface area contributed by atoms with Crippen molar-refractivity contribution in [2.45, 2.75) is 38.0 Å². The van der Waals surface area contributed by atoms with Gasteiger partial charge in [0, 0.05) is 0 Å². The first-order chi connectivity index (χ1) is 11.1. The van der Waals surface area contributed by atoms with Crippen molar-refractivity contribution in [3.63, 3.8) is 0 Å². The molecule has 0 aliphatic heterocycles. The molecule has 2 aromatic rings. The molecule has 0 aliphatic rings. The van der Waals surface area contributed by atoms with Crippen LogP contribution in [0.4, 0.5) is 0 Å². The van der Waals surface area contributed by atoms with Gasteiger partial charge in [-0.25, -0.2) is 8.42 Å². The molecule has 3 nitrogen and oxygen atoms in total. The SMILES string of the molecule is Cc1ccc(S(=O)(=O)C(C#N)=Cc2ccc(C(C)(C)C)cc2)cc1. The number of nitriles is 1. The molecule has 4 heteroatoms. The van der Waals surface area contributed by atoms with Crippen molar-refractivity contribution in [3.8, 4) is 6.07 Å². The van der Waals surface area contributed by atoms with E-state index in [9.17, 15) is 13.7 Å². The zero-order valence-corrected chi connectivity index (χ0v) is 15.2. The number of hydrogen-bond donors (Lipinski definition) is 0. The van der Waals surface area contributed by atoms with Crippen LogP contribution in [0.1, 0.15) is 37.5 Å². The van der Waals surface area contributed by atoms with E-state index in [1.54, 1.807) is 12.1 Å². The van der Waals surface area contributed by atoms with E-state index >= 15 is 0 Å². The minimum Gasteiger partial charge on any atom is -0.218 e. The fraction of sp³-hybridized carbons (Fsp3) is 0.250. The number of hydrogen-bond acceptors (Lipinski definition) is 3. The maximum Gasteiger partial charge on any atom is 0.216 e. The molecule has 0 fully saturated rings. The van der Waals surface area contributed by atoms with Crippen LogP contribution in [0.25, 0.3) is 6.08 Å². The van der Waals surface area contributed by atoms with Crippen LogP contribution in [0, 0.1) is 18.3 Å². The van der Waals surface area contributed by atoms with E-state index in [0.29, 0.717) is 5.56 Å². The van der Waals surface area contributed by atoms with Gasteiger partial charge >= 0.3 is 0 Å². The number of nitrogens with zero attached hydrogens (tertiary/aromatic N) is 1. The summed E-state index contributed by atoms with van der Waals surface area (Å²) < 4.78 is 25.2. The monoisotopic (exact) mass is 339 g/mol. The Morgan fingerprint density at radius 3 is 2.00 bits per heavy atom. The summed E-state index contributed by atoms with van der Waals surface area (Å²) in [5.41, 5.74) is 2.83.